The Morgan fingerprint density at radius 2 is 1.60 bits per heavy atom. The van der Waals surface area contributed by atoms with Gasteiger partial charge in [0.25, 0.3) is 0 Å². The normalized spacial score (nSPS) is 17.4. The molecule has 3 N–H and O–H groups in total. The number of allylic oxidation sites excluding steroid dienone is 2. The van der Waals surface area contributed by atoms with Crippen molar-refractivity contribution in [2.75, 3.05) is 0 Å². The lowest BCUT2D eigenvalue weighted by molar-refractivity contribution is 0.249. The predicted molar refractivity (Wildman–Crippen MR) is 123 cm³/mol. The highest BCUT2D eigenvalue weighted by atomic mass is 16.2. The molecular weight excluding hydrogens is 370 g/mol. The molecule has 0 bridgehead atoms. The van der Waals surface area contributed by atoms with E-state index in [1.165, 1.54) is 33.4 Å². The molecule has 1 atom stereocenters. The second kappa shape index (κ2) is 8.78. The molecular formula is C26H25N3O. The van der Waals surface area contributed by atoms with Crippen molar-refractivity contribution < 1.29 is 4.79 Å². The minimum atomic E-state index is -0.651. The molecule has 150 valence electrons. The van der Waals surface area contributed by atoms with Gasteiger partial charge in [-0.2, -0.15) is 5.10 Å². The summed E-state index contributed by atoms with van der Waals surface area (Å²) in [5.74, 6) is 0.298. The van der Waals surface area contributed by atoms with Gasteiger partial charge in [-0.05, 0) is 59.6 Å². The molecule has 0 fully saturated rings. The van der Waals surface area contributed by atoms with Crippen LogP contribution in [0.15, 0.2) is 90.0 Å². The number of rotatable bonds is 4. The number of amides is 2. The van der Waals surface area contributed by atoms with Gasteiger partial charge in [0.15, 0.2) is 0 Å². The van der Waals surface area contributed by atoms with Gasteiger partial charge in [0.05, 0.1) is 5.71 Å². The molecule has 2 amide bonds. The maximum absolute atomic E-state index is 11.1. The molecule has 0 spiro atoms. The third kappa shape index (κ3) is 4.66. The van der Waals surface area contributed by atoms with E-state index < -0.39 is 6.03 Å². The first kappa shape index (κ1) is 19.6. The SMILES string of the molecule is Cc1cccc(C2CC(c3ccc(-c4ccccc4)cc3)=C/C(=N/NC(N)=O)C2)c1. The van der Waals surface area contributed by atoms with Crippen LogP contribution in [0.1, 0.15) is 35.4 Å². The number of carbonyl (C=O) groups is 1. The average Bonchev–Trinajstić information content (AvgIpc) is 2.78. The summed E-state index contributed by atoms with van der Waals surface area (Å²) in [4.78, 5) is 11.1. The van der Waals surface area contributed by atoms with E-state index in [0.717, 1.165) is 18.6 Å². The van der Waals surface area contributed by atoms with E-state index >= 15 is 0 Å². The molecule has 0 aliphatic heterocycles. The summed E-state index contributed by atoms with van der Waals surface area (Å²) >= 11 is 0. The summed E-state index contributed by atoms with van der Waals surface area (Å²) in [6.45, 7) is 2.11. The molecule has 1 aliphatic carbocycles. The van der Waals surface area contributed by atoms with Gasteiger partial charge in [-0.3, -0.25) is 0 Å². The Morgan fingerprint density at radius 3 is 2.30 bits per heavy atom. The van der Waals surface area contributed by atoms with Crippen LogP contribution in [0.25, 0.3) is 16.7 Å². The van der Waals surface area contributed by atoms with Crippen LogP contribution in [0.3, 0.4) is 0 Å². The molecule has 0 heterocycles. The van der Waals surface area contributed by atoms with Crippen molar-refractivity contribution in [1.29, 1.82) is 0 Å². The van der Waals surface area contributed by atoms with E-state index in [2.05, 4.69) is 84.2 Å². The Bertz CT molecular complexity index is 1100. The first-order chi connectivity index (χ1) is 14.6. The average molecular weight is 396 g/mol. The maximum atomic E-state index is 11.1. The Hall–Kier alpha value is -3.66. The second-order valence-corrected chi connectivity index (χ2v) is 7.71. The molecule has 1 aliphatic rings. The second-order valence-electron chi connectivity index (χ2n) is 7.71. The van der Waals surface area contributed by atoms with Crippen molar-refractivity contribution in [2.24, 2.45) is 10.8 Å². The van der Waals surface area contributed by atoms with E-state index in [4.69, 9.17) is 5.73 Å². The zero-order valence-corrected chi connectivity index (χ0v) is 17.0. The van der Waals surface area contributed by atoms with E-state index in [1.54, 1.807) is 0 Å². The fourth-order valence-corrected chi connectivity index (χ4v) is 3.98. The topological polar surface area (TPSA) is 67.5 Å². The van der Waals surface area contributed by atoms with E-state index in [1.807, 2.05) is 18.2 Å². The third-order valence-electron chi connectivity index (χ3n) is 5.45. The molecule has 3 aromatic carbocycles. The number of benzene rings is 3. The zero-order chi connectivity index (χ0) is 20.9. The molecule has 0 saturated carbocycles. The van der Waals surface area contributed by atoms with E-state index in [0.29, 0.717) is 5.92 Å². The highest BCUT2D eigenvalue weighted by Gasteiger charge is 2.22. The van der Waals surface area contributed by atoms with Gasteiger partial charge in [0.1, 0.15) is 0 Å². The zero-order valence-electron chi connectivity index (χ0n) is 17.0. The molecule has 1 unspecified atom stereocenters. The maximum Gasteiger partial charge on any atom is 0.332 e. The summed E-state index contributed by atoms with van der Waals surface area (Å²) < 4.78 is 0. The number of primary amides is 1. The minimum absolute atomic E-state index is 0.298. The lowest BCUT2D eigenvalue weighted by atomic mass is 9.80. The summed E-state index contributed by atoms with van der Waals surface area (Å²) in [6, 6.07) is 26.9. The number of nitrogens with two attached hydrogens (primary N) is 1. The van der Waals surface area contributed by atoms with E-state index in [-0.39, 0.29) is 0 Å². The van der Waals surface area contributed by atoms with Gasteiger partial charge < -0.3 is 5.73 Å². The number of hydrogen-bond donors (Lipinski definition) is 2. The van der Waals surface area contributed by atoms with Gasteiger partial charge >= 0.3 is 6.03 Å². The number of hydrazone groups is 1. The van der Waals surface area contributed by atoms with Gasteiger partial charge in [0, 0.05) is 0 Å². The van der Waals surface area contributed by atoms with Crippen LogP contribution in [-0.2, 0) is 0 Å². The molecule has 4 rings (SSSR count). The molecule has 30 heavy (non-hydrogen) atoms. The number of urea groups is 1. The van der Waals surface area contributed by atoms with Crippen molar-refractivity contribution in [3.8, 4) is 11.1 Å². The Balaban J connectivity index is 1.65. The van der Waals surface area contributed by atoms with Crippen LogP contribution in [0, 0.1) is 6.92 Å². The van der Waals surface area contributed by atoms with Crippen LogP contribution in [0.2, 0.25) is 0 Å². The summed E-state index contributed by atoms with van der Waals surface area (Å²) in [5, 5.41) is 4.24. The van der Waals surface area contributed by atoms with Crippen LogP contribution in [-0.4, -0.2) is 11.7 Å². The summed E-state index contributed by atoms with van der Waals surface area (Å²) in [6.07, 6.45) is 3.75. The van der Waals surface area contributed by atoms with Crippen molar-refractivity contribution in [3.05, 3.63) is 102 Å². The first-order valence-electron chi connectivity index (χ1n) is 10.1. The predicted octanol–water partition coefficient (Wildman–Crippen LogP) is 5.65. The van der Waals surface area contributed by atoms with Crippen LogP contribution >= 0.6 is 0 Å². The van der Waals surface area contributed by atoms with Crippen molar-refractivity contribution >= 4 is 17.3 Å². The first-order valence-corrected chi connectivity index (χ1v) is 10.1. The van der Waals surface area contributed by atoms with Crippen molar-refractivity contribution in [1.82, 2.24) is 5.43 Å². The lowest BCUT2D eigenvalue weighted by Crippen LogP contribution is -2.26. The Kier molecular flexibility index (Phi) is 5.75. The van der Waals surface area contributed by atoms with Crippen LogP contribution in [0.5, 0.6) is 0 Å². The van der Waals surface area contributed by atoms with Crippen LogP contribution < -0.4 is 11.2 Å². The molecule has 0 radical (unpaired) electrons. The van der Waals surface area contributed by atoms with Gasteiger partial charge in [-0.15, -0.1) is 0 Å². The fourth-order valence-electron chi connectivity index (χ4n) is 3.98. The number of nitrogens with zero attached hydrogens (tertiary/aromatic N) is 1. The van der Waals surface area contributed by atoms with Gasteiger partial charge in [0.2, 0.25) is 0 Å². The largest absolute Gasteiger partial charge is 0.350 e. The molecule has 0 saturated heterocycles. The summed E-state index contributed by atoms with van der Waals surface area (Å²) in [7, 11) is 0. The quantitative estimate of drug-likeness (QED) is 0.551. The summed E-state index contributed by atoms with van der Waals surface area (Å²) in [5.41, 5.74) is 15.7. The van der Waals surface area contributed by atoms with Crippen LogP contribution in [0.4, 0.5) is 4.79 Å². The van der Waals surface area contributed by atoms with Crippen molar-refractivity contribution in [2.45, 2.75) is 25.7 Å². The Labute approximate surface area is 177 Å². The lowest BCUT2D eigenvalue weighted by Gasteiger charge is -2.25. The standard InChI is InChI=1S/C26H25N3O/c1-18-6-5-9-22(14-18)24-15-23(16-25(17-24)28-29-26(27)30)21-12-10-20(11-13-21)19-7-3-2-4-8-19/h2-14,16,24H,15,17H2,1H3,(H3,27,29,30)/b28-25-. The number of hydrogen-bond acceptors (Lipinski definition) is 2. The number of aryl methyl sites for hydroxylation is 1. The van der Waals surface area contributed by atoms with E-state index in [9.17, 15) is 4.79 Å². The number of carbonyl (C=O) groups excluding carboxylic acids is 1. The number of nitrogens with one attached hydrogen (secondary N) is 1. The highest BCUT2D eigenvalue weighted by molar-refractivity contribution is 6.03. The Morgan fingerprint density at radius 1 is 0.900 bits per heavy atom. The monoisotopic (exact) mass is 395 g/mol. The molecule has 4 heteroatoms. The minimum Gasteiger partial charge on any atom is -0.350 e. The third-order valence-corrected chi connectivity index (χ3v) is 5.45. The molecule has 0 aromatic heterocycles. The fraction of sp³-hybridized carbons (Fsp3) is 0.154. The van der Waals surface area contributed by atoms with Gasteiger partial charge in [-0.25, -0.2) is 10.2 Å². The highest BCUT2D eigenvalue weighted by Crippen LogP contribution is 2.37. The molecule has 3 aromatic rings. The van der Waals surface area contributed by atoms with Gasteiger partial charge in [-0.1, -0.05) is 84.4 Å². The molecule has 4 nitrogen and oxygen atoms in total. The smallest absolute Gasteiger partial charge is 0.332 e. The van der Waals surface area contributed by atoms with Crippen molar-refractivity contribution in [3.63, 3.8) is 0 Å².